The summed E-state index contributed by atoms with van der Waals surface area (Å²) in [4.78, 5) is 22.5. The lowest BCUT2D eigenvalue weighted by atomic mass is 9.98. The summed E-state index contributed by atoms with van der Waals surface area (Å²) in [5, 5.41) is 2.73. The van der Waals surface area contributed by atoms with Crippen LogP contribution in [0.15, 0.2) is 0 Å². The zero-order valence-corrected chi connectivity index (χ0v) is 10.2. The van der Waals surface area contributed by atoms with Gasteiger partial charge in [-0.15, -0.1) is 0 Å². The lowest BCUT2D eigenvalue weighted by molar-refractivity contribution is -0.127. The van der Waals surface area contributed by atoms with E-state index in [1.807, 2.05) is 11.8 Å². The van der Waals surface area contributed by atoms with Crippen LogP contribution in [0.25, 0.3) is 0 Å². The van der Waals surface area contributed by atoms with Crippen LogP contribution >= 0.6 is 11.8 Å². The Hall–Kier alpha value is -0.510. The molecule has 86 valence electrons. The Balaban J connectivity index is 2.25. The number of rotatable bonds is 4. The molecule has 0 saturated carbocycles. The molecule has 0 aromatic rings. The maximum absolute atomic E-state index is 11.6. The number of hydrogen-bond acceptors (Lipinski definition) is 3. The fraction of sp³-hybridized carbons (Fsp3) is 0.818. The van der Waals surface area contributed by atoms with Crippen LogP contribution in [-0.2, 0) is 9.59 Å². The van der Waals surface area contributed by atoms with E-state index in [-0.39, 0.29) is 17.7 Å². The molecule has 1 aliphatic rings. The standard InChI is InChI=1S/C11H19NO2S/c1-8(9(2)13)12-11(14)7-10-3-5-15-6-4-10/h8,10H,3-7H2,1-2H3,(H,12,14). The number of amides is 1. The van der Waals surface area contributed by atoms with E-state index < -0.39 is 0 Å². The van der Waals surface area contributed by atoms with Gasteiger partial charge in [0, 0.05) is 6.42 Å². The highest BCUT2D eigenvalue weighted by Gasteiger charge is 2.19. The number of thioether (sulfide) groups is 1. The van der Waals surface area contributed by atoms with Crippen molar-refractivity contribution in [3.8, 4) is 0 Å². The third-order valence-electron chi connectivity index (χ3n) is 2.80. The Kier molecular flexibility index (Phi) is 5.15. The fourth-order valence-corrected chi connectivity index (χ4v) is 2.82. The highest BCUT2D eigenvalue weighted by molar-refractivity contribution is 7.99. The Morgan fingerprint density at radius 1 is 1.40 bits per heavy atom. The normalized spacial score (nSPS) is 19.6. The largest absolute Gasteiger partial charge is 0.347 e. The Bertz CT molecular complexity index is 237. The summed E-state index contributed by atoms with van der Waals surface area (Å²) in [6, 6.07) is -0.338. The van der Waals surface area contributed by atoms with Gasteiger partial charge < -0.3 is 5.32 Å². The predicted octanol–water partition coefficient (Wildman–Crippen LogP) is 1.61. The minimum atomic E-state index is -0.338. The SMILES string of the molecule is CC(=O)C(C)NC(=O)CC1CCSCC1. The van der Waals surface area contributed by atoms with Crippen LogP contribution in [0.3, 0.4) is 0 Å². The van der Waals surface area contributed by atoms with Crippen molar-refractivity contribution in [1.82, 2.24) is 5.32 Å². The molecule has 1 N–H and O–H groups in total. The summed E-state index contributed by atoms with van der Waals surface area (Å²) in [5.74, 6) is 2.89. The molecule has 1 heterocycles. The second kappa shape index (κ2) is 6.16. The quantitative estimate of drug-likeness (QED) is 0.796. The summed E-state index contributed by atoms with van der Waals surface area (Å²) in [5.41, 5.74) is 0. The molecule has 1 saturated heterocycles. The van der Waals surface area contributed by atoms with E-state index in [1.165, 1.54) is 18.4 Å². The molecular weight excluding hydrogens is 210 g/mol. The molecule has 0 bridgehead atoms. The third-order valence-corrected chi connectivity index (χ3v) is 3.85. The summed E-state index contributed by atoms with van der Waals surface area (Å²) in [6.07, 6.45) is 2.84. The minimum absolute atomic E-state index is 0.0162. The number of ketones is 1. The number of carbonyl (C=O) groups excluding carboxylic acids is 2. The van der Waals surface area contributed by atoms with E-state index in [9.17, 15) is 9.59 Å². The second-order valence-electron chi connectivity index (χ2n) is 4.16. The van der Waals surface area contributed by atoms with Crippen molar-refractivity contribution in [3.63, 3.8) is 0 Å². The number of nitrogens with one attached hydrogen (secondary N) is 1. The molecule has 1 unspecified atom stereocenters. The molecule has 1 fully saturated rings. The topological polar surface area (TPSA) is 46.2 Å². The van der Waals surface area contributed by atoms with Crippen molar-refractivity contribution in [2.45, 2.75) is 39.2 Å². The van der Waals surface area contributed by atoms with Gasteiger partial charge in [0.15, 0.2) is 5.78 Å². The minimum Gasteiger partial charge on any atom is -0.347 e. The van der Waals surface area contributed by atoms with Gasteiger partial charge in [0.2, 0.25) is 5.91 Å². The first-order chi connectivity index (χ1) is 7.09. The van der Waals surface area contributed by atoms with Gasteiger partial charge in [-0.25, -0.2) is 0 Å². The first kappa shape index (κ1) is 12.6. The van der Waals surface area contributed by atoms with Gasteiger partial charge in [-0.1, -0.05) is 0 Å². The first-order valence-electron chi connectivity index (χ1n) is 5.47. The van der Waals surface area contributed by atoms with Crippen LogP contribution in [0.2, 0.25) is 0 Å². The van der Waals surface area contributed by atoms with Crippen molar-refractivity contribution in [2.75, 3.05) is 11.5 Å². The molecule has 0 aromatic carbocycles. The molecule has 3 nitrogen and oxygen atoms in total. The molecule has 1 atom stereocenters. The molecule has 15 heavy (non-hydrogen) atoms. The van der Waals surface area contributed by atoms with Crippen LogP contribution in [0.5, 0.6) is 0 Å². The lowest BCUT2D eigenvalue weighted by Gasteiger charge is -2.21. The zero-order valence-electron chi connectivity index (χ0n) is 9.41. The van der Waals surface area contributed by atoms with Crippen LogP contribution in [0.4, 0.5) is 0 Å². The van der Waals surface area contributed by atoms with Crippen molar-refractivity contribution < 1.29 is 9.59 Å². The van der Waals surface area contributed by atoms with Gasteiger partial charge in [-0.3, -0.25) is 9.59 Å². The number of hydrogen-bond donors (Lipinski definition) is 1. The smallest absolute Gasteiger partial charge is 0.220 e. The molecule has 4 heteroatoms. The Morgan fingerprint density at radius 3 is 2.53 bits per heavy atom. The van der Waals surface area contributed by atoms with Crippen LogP contribution in [-0.4, -0.2) is 29.2 Å². The van der Waals surface area contributed by atoms with Gasteiger partial charge >= 0.3 is 0 Å². The summed E-state index contributed by atoms with van der Waals surface area (Å²) >= 11 is 1.96. The van der Waals surface area contributed by atoms with Crippen molar-refractivity contribution in [1.29, 1.82) is 0 Å². The van der Waals surface area contributed by atoms with Gasteiger partial charge in [0.25, 0.3) is 0 Å². The summed E-state index contributed by atoms with van der Waals surface area (Å²) < 4.78 is 0. The molecule has 0 aromatic heterocycles. The molecule has 1 amide bonds. The van der Waals surface area contributed by atoms with E-state index >= 15 is 0 Å². The van der Waals surface area contributed by atoms with E-state index in [0.29, 0.717) is 12.3 Å². The van der Waals surface area contributed by atoms with Crippen molar-refractivity contribution in [3.05, 3.63) is 0 Å². The van der Waals surface area contributed by atoms with Crippen molar-refractivity contribution >= 4 is 23.5 Å². The predicted molar refractivity (Wildman–Crippen MR) is 63.0 cm³/mol. The molecule has 0 aliphatic carbocycles. The average Bonchev–Trinajstić information content (AvgIpc) is 2.18. The fourth-order valence-electron chi connectivity index (χ4n) is 1.61. The van der Waals surface area contributed by atoms with Crippen LogP contribution < -0.4 is 5.32 Å². The van der Waals surface area contributed by atoms with Crippen LogP contribution in [0.1, 0.15) is 33.1 Å². The van der Waals surface area contributed by atoms with E-state index in [4.69, 9.17) is 0 Å². The number of carbonyl (C=O) groups is 2. The van der Waals surface area contributed by atoms with Gasteiger partial charge in [-0.05, 0) is 44.1 Å². The Labute approximate surface area is 95.4 Å². The molecule has 1 rings (SSSR count). The third kappa shape index (κ3) is 4.69. The van der Waals surface area contributed by atoms with Gasteiger partial charge in [0.1, 0.15) is 0 Å². The summed E-state index contributed by atoms with van der Waals surface area (Å²) in [7, 11) is 0. The van der Waals surface area contributed by atoms with Gasteiger partial charge in [0.05, 0.1) is 6.04 Å². The maximum Gasteiger partial charge on any atom is 0.220 e. The van der Waals surface area contributed by atoms with E-state index in [2.05, 4.69) is 5.32 Å². The zero-order chi connectivity index (χ0) is 11.3. The first-order valence-corrected chi connectivity index (χ1v) is 6.62. The average molecular weight is 229 g/mol. The highest BCUT2D eigenvalue weighted by Crippen LogP contribution is 2.25. The molecule has 1 aliphatic heterocycles. The Morgan fingerprint density at radius 2 is 2.00 bits per heavy atom. The highest BCUT2D eigenvalue weighted by atomic mass is 32.2. The van der Waals surface area contributed by atoms with Crippen LogP contribution in [0, 0.1) is 5.92 Å². The maximum atomic E-state index is 11.6. The number of Topliss-reactive ketones (excluding diaryl/α,β-unsaturated/α-hetero) is 1. The molecule has 0 spiro atoms. The van der Waals surface area contributed by atoms with Crippen molar-refractivity contribution in [2.24, 2.45) is 5.92 Å². The van der Waals surface area contributed by atoms with Gasteiger partial charge in [-0.2, -0.15) is 11.8 Å². The second-order valence-corrected chi connectivity index (χ2v) is 5.38. The monoisotopic (exact) mass is 229 g/mol. The molecule has 0 radical (unpaired) electrons. The molecular formula is C11H19NO2S. The summed E-state index contributed by atoms with van der Waals surface area (Å²) in [6.45, 7) is 3.24. The van der Waals surface area contributed by atoms with E-state index in [1.54, 1.807) is 6.92 Å². The lowest BCUT2D eigenvalue weighted by Crippen LogP contribution is -2.38. The van der Waals surface area contributed by atoms with E-state index in [0.717, 1.165) is 12.8 Å².